The smallest absolute Gasteiger partial charge is 0.321 e. The topological polar surface area (TPSA) is 80.2 Å². The van der Waals surface area contributed by atoms with Gasteiger partial charge in [0.25, 0.3) is 0 Å². The van der Waals surface area contributed by atoms with E-state index < -0.39 is 0 Å². The summed E-state index contributed by atoms with van der Waals surface area (Å²) in [6, 6.07) is 9.63. The molecule has 8 heteroatoms. The Bertz CT molecular complexity index is 1020. The van der Waals surface area contributed by atoms with Crippen molar-refractivity contribution in [2.24, 2.45) is 0 Å². The minimum Gasteiger partial charge on any atom is -0.424 e. The fraction of sp³-hybridized carbons (Fsp3) is 0.143. The SMILES string of the molecule is O=CC=CN1CC(Nc2cncc(-c3cnc(Oc4cccc(Cl)c4)nc3)c2)C1. The summed E-state index contributed by atoms with van der Waals surface area (Å²) in [6.45, 7) is 1.68. The number of hydrogen-bond acceptors (Lipinski definition) is 7. The number of carbonyl (C=O) groups is 1. The zero-order valence-electron chi connectivity index (χ0n) is 15.4. The Morgan fingerprint density at radius 2 is 1.93 bits per heavy atom. The number of benzene rings is 1. The van der Waals surface area contributed by atoms with E-state index >= 15 is 0 Å². The van der Waals surface area contributed by atoms with Crippen LogP contribution in [0.15, 0.2) is 67.4 Å². The first-order valence-electron chi connectivity index (χ1n) is 9.03. The van der Waals surface area contributed by atoms with E-state index in [4.69, 9.17) is 16.3 Å². The monoisotopic (exact) mass is 407 g/mol. The maximum atomic E-state index is 10.4. The number of rotatable bonds is 7. The number of hydrogen-bond donors (Lipinski definition) is 1. The first-order chi connectivity index (χ1) is 14.2. The fourth-order valence-electron chi connectivity index (χ4n) is 2.95. The highest BCUT2D eigenvalue weighted by Gasteiger charge is 2.23. The number of nitrogens with one attached hydrogen (secondary N) is 1. The number of likely N-dealkylation sites (tertiary alicyclic amines) is 1. The van der Waals surface area contributed by atoms with Crippen LogP contribution in [0.3, 0.4) is 0 Å². The number of allylic oxidation sites excluding steroid dienone is 1. The number of ether oxygens (including phenoxy) is 1. The Morgan fingerprint density at radius 1 is 1.10 bits per heavy atom. The average Bonchev–Trinajstić information content (AvgIpc) is 2.70. The Kier molecular flexibility index (Phi) is 5.67. The molecule has 1 aliphatic heterocycles. The summed E-state index contributed by atoms with van der Waals surface area (Å²) in [5.41, 5.74) is 2.66. The van der Waals surface area contributed by atoms with Crippen LogP contribution in [-0.4, -0.2) is 45.3 Å². The number of pyridine rings is 1. The number of aromatic nitrogens is 3. The Morgan fingerprint density at radius 3 is 2.69 bits per heavy atom. The van der Waals surface area contributed by atoms with Crippen molar-refractivity contribution in [1.82, 2.24) is 19.9 Å². The molecular weight excluding hydrogens is 390 g/mol. The highest BCUT2D eigenvalue weighted by molar-refractivity contribution is 6.30. The molecule has 0 saturated carbocycles. The molecule has 0 amide bonds. The Hall–Kier alpha value is -3.45. The molecule has 3 aromatic rings. The van der Waals surface area contributed by atoms with Crippen LogP contribution in [0.4, 0.5) is 5.69 Å². The highest BCUT2D eigenvalue weighted by atomic mass is 35.5. The largest absolute Gasteiger partial charge is 0.424 e. The van der Waals surface area contributed by atoms with Crippen LogP contribution in [0, 0.1) is 0 Å². The molecule has 7 nitrogen and oxygen atoms in total. The van der Waals surface area contributed by atoms with E-state index in [0.29, 0.717) is 16.8 Å². The summed E-state index contributed by atoms with van der Waals surface area (Å²) in [5.74, 6) is 0.579. The molecular formula is C21H18ClN5O2. The van der Waals surface area contributed by atoms with Gasteiger partial charge in [0.1, 0.15) is 12.0 Å². The van der Waals surface area contributed by atoms with Gasteiger partial charge in [-0.2, -0.15) is 0 Å². The van der Waals surface area contributed by atoms with Gasteiger partial charge in [-0.1, -0.05) is 17.7 Å². The highest BCUT2D eigenvalue weighted by Crippen LogP contribution is 2.25. The van der Waals surface area contributed by atoms with Gasteiger partial charge in [-0.3, -0.25) is 9.78 Å². The van der Waals surface area contributed by atoms with Gasteiger partial charge in [0, 0.05) is 60.2 Å². The molecule has 1 aliphatic rings. The number of nitrogens with zero attached hydrogens (tertiary/aromatic N) is 4. The van der Waals surface area contributed by atoms with Crippen molar-refractivity contribution in [3.8, 4) is 22.9 Å². The van der Waals surface area contributed by atoms with Gasteiger partial charge in [0.05, 0.1) is 11.7 Å². The van der Waals surface area contributed by atoms with Gasteiger partial charge >= 0.3 is 6.01 Å². The van der Waals surface area contributed by atoms with Gasteiger partial charge in [0.2, 0.25) is 0 Å². The second kappa shape index (κ2) is 8.70. The van der Waals surface area contributed by atoms with Crippen LogP contribution >= 0.6 is 11.6 Å². The van der Waals surface area contributed by atoms with Crippen LogP contribution in [-0.2, 0) is 4.79 Å². The van der Waals surface area contributed by atoms with Gasteiger partial charge < -0.3 is 15.0 Å². The predicted molar refractivity (Wildman–Crippen MR) is 111 cm³/mol. The molecule has 1 fully saturated rings. The maximum absolute atomic E-state index is 10.4. The summed E-state index contributed by atoms with van der Waals surface area (Å²) < 4.78 is 5.62. The lowest BCUT2D eigenvalue weighted by molar-refractivity contribution is -0.104. The number of anilines is 1. The van der Waals surface area contributed by atoms with Gasteiger partial charge in [0.15, 0.2) is 0 Å². The first kappa shape index (κ1) is 18.9. The van der Waals surface area contributed by atoms with E-state index in [1.807, 2.05) is 6.07 Å². The van der Waals surface area contributed by atoms with Crippen molar-refractivity contribution in [3.63, 3.8) is 0 Å². The van der Waals surface area contributed by atoms with Crippen molar-refractivity contribution < 1.29 is 9.53 Å². The summed E-state index contributed by atoms with van der Waals surface area (Å²) in [6.07, 6.45) is 11.0. The number of aldehydes is 1. The second-order valence-electron chi connectivity index (χ2n) is 6.55. The van der Waals surface area contributed by atoms with Crippen molar-refractivity contribution in [2.75, 3.05) is 18.4 Å². The van der Waals surface area contributed by atoms with Crippen LogP contribution in [0.25, 0.3) is 11.1 Å². The Balaban J connectivity index is 1.39. The lowest BCUT2D eigenvalue weighted by Gasteiger charge is -2.39. The quantitative estimate of drug-likeness (QED) is 0.471. The fourth-order valence-corrected chi connectivity index (χ4v) is 3.13. The van der Waals surface area contributed by atoms with Crippen molar-refractivity contribution >= 4 is 23.6 Å². The zero-order valence-corrected chi connectivity index (χ0v) is 16.2. The van der Waals surface area contributed by atoms with Crippen LogP contribution < -0.4 is 10.1 Å². The molecule has 1 N–H and O–H groups in total. The molecule has 3 heterocycles. The first-order valence-corrected chi connectivity index (χ1v) is 9.41. The third-order valence-corrected chi connectivity index (χ3v) is 4.60. The number of carbonyl (C=O) groups excluding carboxylic acids is 1. The third kappa shape index (κ3) is 4.89. The average molecular weight is 408 g/mol. The van der Waals surface area contributed by atoms with Crippen molar-refractivity contribution in [1.29, 1.82) is 0 Å². The summed E-state index contributed by atoms with van der Waals surface area (Å²) in [4.78, 5) is 25.3. The predicted octanol–water partition coefficient (Wildman–Crippen LogP) is 3.79. The van der Waals surface area contributed by atoms with Gasteiger partial charge in [-0.15, -0.1) is 0 Å². The van der Waals surface area contributed by atoms with Crippen molar-refractivity contribution in [3.05, 3.63) is 72.4 Å². The Labute approximate surface area is 173 Å². The number of halogens is 1. The van der Waals surface area contributed by atoms with E-state index in [0.717, 1.165) is 36.2 Å². The summed E-state index contributed by atoms with van der Waals surface area (Å²) in [5, 5.41) is 4.03. The molecule has 29 heavy (non-hydrogen) atoms. The second-order valence-corrected chi connectivity index (χ2v) is 6.99. The molecule has 0 aliphatic carbocycles. The van der Waals surface area contributed by atoms with E-state index in [-0.39, 0.29) is 6.01 Å². The van der Waals surface area contributed by atoms with E-state index in [1.54, 1.807) is 55.3 Å². The molecule has 0 bridgehead atoms. The molecule has 2 aromatic heterocycles. The summed E-state index contributed by atoms with van der Waals surface area (Å²) in [7, 11) is 0. The maximum Gasteiger partial charge on any atom is 0.321 e. The van der Waals surface area contributed by atoms with E-state index in [2.05, 4.69) is 25.2 Å². The zero-order chi connectivity index (χ0) is 20.1. The molecule has 4 rings (SSSR count). The molecule has 146 valence electrons. The molecule has 0 atom stereocenters. The summed E-state index contributed by atoms with van der Waals surface area (Å²) >= 11 is 5.96. The van der Waals surface area contributed by atoms with Crippen LogP contribution in [0.1, 0.15) is 0 Å². The molecule has 0 unspecified atom stereocenters. The third-order valence-electron chi connectivity index (χ3n) is 4.36. The van der Waals surface area contributed by atoms with Gasteiger partial charge in [-0.05, 0) is 30.3 Å². The minimum absolute atomic E-state index is 0.246. The van der Waals surface area contributed by atoms with E-state index in [1.165, 1.54) is 6.08 Å². The van der Waals surface area contributed by atoms with Crippen LogP contribution in [0.5, 0.6) is 11.8 Å². The normalized spacial score (nSPS) is 13.9. The molecule has 0 radical (unpaired) electrons. The standard InChI is InChI=1S/C21H18ClN5O2/c22-17-3-1-4-20(8-17)29-21-24-10-16(11-25-21)15-7-18(12-23-9-15)26-19-13-27(14-19)5-2-6-28/h1-12,19,26H,13-14H2. The molecule has 1 aromatic carbocycles. The molecule has 0 spiro atoms. The van der Waals surface area contributed by atoms with E-state index in [9.17, 15) is 4.79 Å². The molecule has 1 saturated heterocycles. The van der Waals surface area contributed by atoms with Crippen LogP contribution in [0.2, 0.25) is 5.02 Å². The van der Waals surface area contributed by atoms with Gasteiger partial charge in [-0.25, -0.2) is 9.97 Å². The lowest BCUT2D eigenvalue weighted by Crippen LogP contribution is -2.51. The minimum atomic E-state index is 0.246. The lowest BCUT2D eigenvalue weighted by atomic mass is 10.1. The van der Waals surface area contributed by atoms with Crippen molar-refractivity contribution in [2.45, 2.75) is 6.04 Å².